The van der Waals surface area contributed by atoms with Gasteiger partial charge in [-0.15, -0.1) is 22.7 Å². The highest BCUT2D eigenvalue weighted by Gasteiger charge is 2.19. The van der Waals surface area contributed by atoms with Gasteiger partial charge in [0.15, 0.2) is 5.13 Å². The van der Waals surface area contributed by atoms with E-state index in [2.05, 4.69) is 10.3 Å². The van der Waals surface area contributed by atoms with E-state index in [9.17, 15) is 4.79 Å². The normalized spacial score (nSPS) is 13.1. The molecular weight excluding hydrogens is 380 g/mol. The Labute approximate surface area is 166 Å². The zero-order chi connectivity index (χ0) is 18.8. The van der Waals surface area contributed by atoms with Crippen LogP contribution in [-0.4, -0.2) is 25.1 Å². The number of nitrogens with one attached hydrogen (secondary N) is 1. The number of hydrogen-bond donors (Lipinski definition) is 1. The Balaban J connectivity index is 1.54. The zero-order valence-electron chi connectivity index (χ0n) is 15.2. The number of aromatic nitrogens is 1. The van der Waals surface area contributed by atoms with Crippen molar-refractivity contribution < 1.29 is 14.3 Å². The van der Waals surface area contributed by atoms with E-state index in [4.69, 9.17) is 9.47 Å². The number of fused-ring (bicyclic) bond motifs is 1. The topological polar surface area (TPSA) is 60.5 Å². The number of thiazole rings is 1. The molecule has 1 amide bonds. The minimum absolute atomic E-state index is 0.0899. The maximum Gasteiger partial charge on any atom is 0.267 e. The number of benzene rings is 1. The van der Waals surface area contributed by atoms with E-state index in [0.717, 1.165) is 34.7 Å². The van der Waals surface area contributed by atoms with E-state index in [1.54, 1.807) is 25.6 Å². The molecule has 7 heteroatoms. The number of rotatable bonds is 5. The number of ether oxygens (including phenoxy) is 2. The van der Waals surface area contributed by atoms with E-state index < -0.39 is 0 Å². The van der Waals surface area contributed by atoms with Crippen LogP contribution in [0.25, 0.3) is 11.3 Å². The molecule has 0 fully saturated rings. The number of methoxy groups -OCH3 is 2. The molecule has 0 spiro atoms. The lowest BCUT2D eigenvalue weighted by Gasteiger charge is -2.08. The molecule has 1 aliphatic rings. The molecule has 2 aromatic heterocycles. The van der Waals surface area contributed by atoms with Gasteiger partial charge < -0.3 is 9.47 Å². The van der Waals surface area contributed by atoms with Gasteiger partial charge in [-0.25, -0.2) is 4.98 Å². The van der Waals surface area contributed by atoms with Crippen molar-refractivity contribution in [2.24, 2.45) is 0 Å². The third-order valence-corrected chi connectivity index (χ3v) is 6.62. The van der Waals surface area contributed by atoms with Gasteiger partial charge in [-0.2, -0.15) is 0 Å². The number of thiophene rings is 1. The predicted octanol–water partition coefficient (Wildman–Crippen LogP) is 5.02. The van der Waals surface area contributed by atoms with Crippen LogP contribution in [0.15, 0.2) is 29.6 Å². The lowest BCUT2D eigenvalue weighted by molar-refractivity contribution is 0.103. The standard InChI is InChI=1S/C20H20N2O3S2/c1-24-13-7-8-16(25-2)14(10-13)15-11-26-20(21-15)22-19(23)18-9-12-5-3-4-6-17(12)27-18/h7-11H,3-6H2,1-2H3,(H,21,22,23). The monoisotopic (exact) mass is 400 g/mol. The zero-order valence-corrected chi connectivity index (χ0v) is 16.8. The fraction of sp³-hybridized carbons (Fsp3) is 0.300. The van der Waals surface area contributed by atoms with Crippen LogP contribution in [0.4, 0.5) is 5.13 Å². The number of carbonyl (C=O) groups excluding carboxylic acids is 1. The first kappa shape index (κ1) is 18.0. The maximum atomic E-state index is 12.6. The van der Waals surface area contributed by atoms with Gasteiger partial charge in [-0.05, 0) is 55.5 Å². The molecule has 0 aliphatic heterocycles. The molecule has 0 unspecified atom stereocenters. The van der Waals surface area contributed by atoms with Gasteiger partial charge in [-0.3, -0.25) is 10.1 Å². The molecule has 0 saturated carbocycles. The maximum absolute atomic E-state index is 12.6. The second kappa shape index (κ2) is 7.70. The fourth-order valence-electron chi connectivity index (χ4n) is 3.23. The van der Waals surface area contributed by atoms with Crippen LogP contribution in [0, 0.1) is 0 Å². The van der Waals surface area contributed by atoms with Gasteiger partial charge in [-0.1, -0.05) is 0 Å². The highest BCUT2D eigenvalue weighted by molar-refractivity contribution is 7.15. The largest absolute Gasteiger partial charge is 0.497 e. The molecule has 1 aromatic carbocycles. The lowest BCUT2D eigenvalue weighted by Crippen LogP contribution is -2.09. The quantitative estimate of drug-likeness (QED) is 0.653. The van der Waals surface area contributed by atoms with Crippen LogP contribution in [0.3, 0.4) is 0 Å². The van der Waals surface area contributed by atoms with Crippen LogP contribution >= 0.6 is 22.7 Å². The summed E-state index contributed by atoms with van der Waals surface area (Å²) < 4.78 is 10.7. The lowest BCUT2D eigenvalue weighted by atomic mass is 9.99. The molecule has 140 valence electrons. The third kappa shape index (κ3) is 3.70. The SMILES string of the molecule is COc1ccc(OC)c(-c2csc(NC(=O)c3cc4c(s3)CCCC4)n2)c1. The number of anilines is 1. The first-order valence-corrected chi connectivity index (χ1v) is 10.5. The van der Waals surface area contributed by atoms with Gasteiger partial charge in [0.1, 0.15) is 11.5 Å². The minimum Gasteiger partial charge on any atom is -0.497 e. The van der Waals surface area contributed by atoms with Crippen molar-refractivity contribution in [3.05, 3.63) is 45.0 Å². The summed E-state index contributed by atoms with van der Waals surface area (Å²) in [7, 11) is 3.25. The summed E-state index contributed by atoms with van der Waals surface area (Å²) >= 11 is 3.01. The minimum atomic E-state index is -0.0899. The van der Waals surface area contributed by atoms with E-state index in [-0.39, 0.29) is 5.91 Å². The van der Waals surface area contributed by atoms with Crippen molar-refractivity contribution in [3.8, 4) is 22.8 Å². The van der Waals surface area contributed by atoms with Crippen molar-refractivity contribution in [1.82, 2.24) is 4.98 Å². The number of nitrogens with zero attached hydrogens (tertiary/aromatic N) is 1. The summed E-state index contributed by atoms with van der Waals surface area (Å²) in [5, 5.41) is 5.41. The molecule has 3 aromatic rings. The summed E-state index contributed by atoms with van der Waals surface area (Å²) in [5.41, 5.74) is 2.91. The predicted molar refractivity (Wildman–Crippen MR) is 110 cm³/mol. The van der Waals surface area contributed by atoms with Gasteiger partial charge in [0.2, 0.25) is 0 Å². The van der Waals surface area contributed by atoms with Gasteiger partial charge in [0.05, 0.1) is 24.8 Å². The van der Waals surface area contributed by atoms with Crippen molar-refractivity contribution >= 4 is 33.7 Å². The number of hydrogen-bond acceptors (Lipinski definition) is 6. The Bertz CT molecular complexity index is 954. The Morgan fingerprint density at radius 1 is 1.15 bits per heavy atom. The summed E-state index contributed by atoms with van der Waals surface area (Å²) in [5.74, 6) is 1.35. The Hall–Kier alpha value is -2.38. The van der Waals surface area contributed by atoms with E-state index in [0.29, 0.717) is 10.9 Å². The molecular formula is C20H20N2O3S2. The van der Waals surface area contributed by atoms with Gasteiger partial charge in [0.25, 0.3) is 5.91 Å². The summed E-state index contributed by atoms with van der Waals surface area (Å²) in [6, 6.07) is 7.61. The molecule has 0 radical (unpaired) electrons. The van der Waals surface area contributed by atoms with E-state index >= 15 is 0 Å². The van der Waals surface area contributed by atoms with Crippen molar-refractivity contribution in [3.63, 3.8) is 0 Å². The molecule has 1 N–H and O–H groups in total. The second-order valence-electron chi connectivity index (χ2n) is 6.32. The molecule has 5 nitrogen and oxygen atoms in total. The second-order valence-corrected chi connectivity index (χ2v) is 8.32. The number of amides is 1. The molecule has 0 atom stereocenters. The smallest absolute Gasteiger partial charge is 0.267 e. The first-order valence-electron chi connectivity index (χ1n) is 8.79. The van der Waals surface area contributed by atoms with Crippen molar-refractivity contribution in [2.75, 3.05) is 19.5 Å². The average Bonchev–Trinajstić information content (AvgIpc) is 3.34. The summed E-state index contributed by atoms with van der Waals surface area (Å²) in [4.78, 5) is 19.3. The molecule has 2 heterocycles. The molecule has 4 rings (SSSR count). The third-order valence-electron chi connectivity index (χ3n) is 4.63. The Morgan fingerprint density at radius 2 is 2.00 bits per heavy atom. The van der Waals surface area contributed by atoms with Crippen LogP contribution < -0.4 is 14.8 Å². The average molecular weight is 401 g/mol. The van der Waals surface area contributed by atoms with Gasteiger partial charge in [0, 0.05) is 15.8 Å². The number of aryl methyl sites for hydroxylation is 2. The first-order chi connectivity index (χ1) is 13.2. The molecule has 0 saturated heterocycles. The van der Waals surface area contributed by atoms with Crippen LogP contribution in [-0.2, 0) is 12.8 Å². The summed E-state index contributed by atoms with van der Waals surface area (Å²) in [6.45, 7) is 0. The Morgan fingerprint density at radius 3 is 2.78 bits per heavy atom. The van der Waals surface area contributed by atoms with E-state index in [1.165, 1.54) is 34.6 Å². The highest BCUT2D eigenvalue weighted by Crippen LogP contribution is 2.35. The van der Waals surface area contributed by atoms with Crippen molar-refractivity contribution in [1.29, 1.82) is 0 Å². The molecule has 1 aliphatic carbocycles. The van der Waals surface area contributed by atoms with Gasteiger partial charge >= 0.3 is 0 Å². The van der Waals surface area contributed by atoms with Crippen LogP contribution in [0.2, 0.25) is 0 Å². The highest BCUT2D eigenvalue weighted by atomic mass is 32.1. The fourth-order valence-corrected chi connectivity index (χ4v) is 5.08. The number of carbonyl (C=O) groups is 1. The van der Waals surface area contributed by atoms with Crippen LogP contribution in [0.1, 0.15) is 33.0 Å². The van der Waals surface area contributed by atoms with E-state index in [1.807, 2.05) is 29.6 Å². The Kier molecular flexibility index (Phi) is 5.13. The van der Waals surface area contributed by atoms with Crippen molar-refractivity contribution in [2.45, 2.75) is 25.7 Å². The van der Waals surface area contributed by atoms with Crippen LogP contribution in [0.5, 0.6) is 11.5 Å². The molecule has 0 bridgehead atoms. The summed E-state index contributed by atoms with van der Waals surface area (Å²) in [6.07, 6.45) is 4.59. The molecule has 27 heavy (non-hydrogen) atoms.